The average molecular weight is 317 g/mol. The van der Waals surface area contributed by atoms with Crippen molar-refractivity contribution in [2.75, 3.05) is 19.8 Å². The smallest absolute Gasteiger partial charge is 0.305 e. The van der Waals surface area contributed by atoms with Crippen LogP contribution >= 0.6 is 11.3 Å². The monoisotopic (exact) mass is 317 g/mol. The zero-order valence-electron chi connectivity index (χ0n) is 12.3. The summed E-state index contributed by atoms with van der Waals surface area (Å²) in [5, 5.41) is 9.02. The maximum Gasteiger partial charge on any atom is 0.305 e. The summed E-state index contributed by atoms with van der Waals surface area (Å²) in [5.41, 5.74) is 1.22. The van der Waals surface area contributed by atoms with Crippen molar-refractivity contribution in [1.82, 2.24) is 4.90 Å². The number of carboxylic acid groups (broad SMARTS) is 1. The summed E-state index contributed by atoms with van der Waals surface area (Å²) in [6, 6.07) is 14.6. The largest absolute Gasteiger partial charge is 0.481 e. The van der Waals surface area contributed by atoms with Crippen molar-refractivity contribution in [2.45, 2.75) is 19.0 Å². The van der Waals surface area contributed by atoms with Gasteiger partial charge in [-0.15, -0.1) is 11.3 Å². The number of hydrogen-bond acceptors (Lipinski definition) is 4. The van der Waals surface area contributed by atoms with Crippen LogP contribution in [0.5, 0.6) is 0 Å². The Labute approximate surface area is 134 Å². The Bertz CT molecular complexity index is 626. The van der Waals surface area contributed by atoms with Gasteiger partial charge in [-0.25, -0.2) is 0 Å². The first kappa shape index (κ1) is 15.2. The van der Waals surface area contributed by atoms with Crippen LogP contribution in [-0.2, 0) is 16.1 Å². The standard InChI is InChI=1S/C17H19NO3S/c19-17(20)10-14-12-21-9-8-18(14)11-15-6-7-16(22-15)13-4-2-1-3-5-13/h1-7,14H,8-12H2,(H,19,20). The summed E-state index contributed by atoms with van der Waals surface area (Å²) < 4.78 is 5.42. The van der Waals surface area contributed by atoms with Crippen molar-refractivity contribution in [2.24, 2.45) is 0 Å². The zero-order valence-corrected chi connectivity index (χ0v) is 13.1. The highest BCUT2D eigenvalue weighted by atomic mass is 32.1. The van der Waals surface area contributed by atoms with Crippen LogP contribution in [0.4, 0.5) is 0 Å². The Morgan fingerprint density at radius 2 is 2.09 bits per heavy atom. The molecule has 1 aromatic carbocycles. The lowest BCUT2D eigenvalue weighted by Gasteiger charge is -2.34. The number of nitrogens with zero attached hydrogens (tertiary/aromatic N) is 1. The van der Waals surface area contributed by atoms with Crippen LogP contribution in [0.1, 0.15) is 11.3 Å². The number of rotatable bonds is 5. The lowest BCUT2D eigenvalue weighted by Crippen LogP contribution is -2.45. The van der Waals surface area contributed by atoms with Crippen LogP contribution in [0.2, 0.25) is 0 Å². The Morgan fingerprint density at radius 1 is 1.27 bits per heavy atom. The van der Waals surface area contributed by atoms with Crippen LogP contribution in [0, 0.1) is 0 Å². The van der Waals surface area contributed by atoms with Crippen molar-refractivity contribution in [3.63, 3.8) is 0 Å². The minimum absolute atomic E-state index is 0.0338. The number of hydrogen-bond donors (Lipinski definition) is 1. The fourth-order valence-corrected chi connectivity index (χ4v) is 3.75. The molecule has 1 atom stereocenters. The lowest BCUT2D eigenvalue weighted by molar-refractivity contribution is -0.140. The van der Waals surface area contributed by atoms with Crippen molar-refractivity contribution in [1.29, 1.82) is 0 Å². The molecule has 1 fully saturated rings. The molecule has 0 spiro atoms. The highest BCUT2D eigenvalue weighted by molar-refractivity contribution is 7.15. The Hall–Kier alpha value is -1.69. The SMILES string of the molecule is O=C(O)CC1COCCN1Cc1ccc(-c2ccccc2)s1. The third-order valence-corrected chi connectivity index (χ3v) is 4.96. The summed E-state index contributed by atoms with van der Waals surface area (Å²) in [6.45, 7) is 2.76. The molecule has 4 nitrogen and oxygen atoms in total. The first-order valence-electron chi connectivity index (χ1n) is 7.40. The number of benzene rings is 1. The normalized spacial score (nSPS) is 19.2. The van der Waals surface area contributed by atoms with E-state index >= 15 is 0 Å². The van der Waals surface area contributed by atoms with Gasteiger partial charge in [0.05, 0.1) is 19.6 Å². The molecule has 2 heterocycles. The van der Waals surface area contributed by atoms with Gasteiger partial charge in [-0.1, -0.05) is 30.3 Å². The van der Waals surface area contributed by atoms with Crippen LogP contribution in [0.15, 0.2) is 42.5 Å². The van der Waals surface area contributed by atoms with Gasteiger partial charge in [0.1, 0.15) is 0 Å². The summed E-state index contributed by atoms with van der Waals surface area (Å²) in [5.74, 6) is -0.767. The summed E-state index contributed by atoms with van der Waals surface area (Å²) in [7, 11) is 0. The summed E-state index contributed by atoms with van der Waals surface area (Å²) in [4.78, 5) is 15.7. The van der Waals surface area contributed by atoms with Crippen molar-refractivity contribution in [3.05, 3.63) is 47.3 Å². The van der Waals surface area contributed by atoms with Gasteiger partial charge >= 0.3 is 5.97 Å². The Balaban J connectivity index is 1.69. The fourth-order valence-electron chi connectivity index (χ4n) is 2.71. The van der Waals surface area contributed by atoms with Gasteiger partial charge in [-0.05, 0) is 17.7 Å². The molecule has 3 rings (SSSR count). The first-order chi connectivity index (χ1) is 10.7. The minimum Gasteiger partial charge on any atom is -0.481 e. The predicted octanol–water partition coefficient (Wildman–Crippen LogP) is 3.09. The molecule has 5 heteroatoms. The molecule has 1 aromatic heterocycles. The molecule has 0 bridgehead atoms. The van der Waals surface area contributed by atoms with Crippen molar-refractivity contribution in [3.8, 4) is 10.4 Å². The van der Waals surface area contributed by atoms with E-state index in [2.05, 4.69) is 29.2 Å². The summed E-state index contributed by atoms with van der Waals surface area (Å²) >= 11 is 1.77. The molecule has 0 saturated carbocycles. The predicted molar refractivity (Wildman–Crippen MR) is 87.0 cm³/mol. The molecule has 22 heavy (non-hydrogen) atoms. The van der Waals surface area contributed by atoms with Gasteiger partial charge in [0.15, 0.2) is 0 Å². The van der Waals surface area contributed by atoms with Gasteiger partial charge in [-0.2, -0.15) is 0 Å². The van der Waals surface area contributed by atoms with E-state index in [1.807, 2.05) is 18.2 Å². The van der Waals surface area contributed by atoms with E-state index in [0.717, 1.165) is 13.1 Å². The molecule has 0 radical (unpaired) electrons. The van der Waals surface area contributed by atoms with E-state index in [1.165, 1.54) is 15.3 Å². The van der Waals surface area contributed by atoms with Crippen LogP contribution in [0.25, 0.3) is 10.4 Å². The van der Waals surface area contributed by atoms with Crippen LogP contribution in [-0.4, -0.2) is 41.8 Å². The van der Waals surface area contributed by atoms with Crippen molar-refractivity contribution < 1.29 is 14.6 Å². The third-order valence-electron chi connectivity index (χ3n) is 3.84. The molecular weight excluding hydrogens is 298 g/mol. The number of thiophene rings is 1. The third kappa shape index (κ3) is 3.74. The molecule has 116 valence electrons. The molecule has 1 aliphatic heterocycles. The maximum absolute atomic E-state index is 11.0. The second-order valence-electron chi connectivity index (χ2n) is 5.43. The Kier molecular flexibility index (Phi) is 4.87. The molecule has 1 saturated heterocycles. The number of aliphatic carboxylic acids is 1. The molecule has 2 aromatic rings. The quantitative estimate of drug-likeness (QED) is 0.920. The van der Waals surface area contributed by atoms with E-state index in [1.54, 1.807) is 11.3 Å². The van der Waals surface area contributed by atoms with Crippen LogP contribution in [0.3, 0.4) is 0 Å². The molecule has 1 unspecified atom stereocenters. The summed E-state index contributed by atoms with van der Waals surface area (Å²) in [6.07, 6.45) is 0.136. The lowest BCUT2D eigenvalue weighted by atomic mass is 10.1. The fraction of sp³-hybridized carbons (Fsp3) is 0.353. The second-order valence-corrected chi connectivity index (χ2v) is 6.60. The number of carbonyl (C=O) groups is 1. The second kappa shape index (κ2) is 7.05. The van der Waals surface area contributed by atoms with E-state index in [9.17, 15) is 4.79 Å². The van der Waals surface area contributed by atoms with E-state index in [-0.39, 0.29) is 12.5 Å². The number of carboxylic acids is 1. The molecule has 0 aliphatic carbocycles. The highest BCUT2D eigenvalue weighted by Crippen LogP contribution is 2.29. The first-order valence-corrected chi connectivity index (χ1v) is 8.22. The van der Waals surface area contributed by atoms with Crippen molar-refractivity contribution >= 4 is 17.3 Å². The average Bonchev–Trinajstić information content (AvgIpc) is 2.98. The Morgan fingerprint density at radius 3 is 2.86 bits per heavy atom. The van der Waals surface area contributed by atoms with Gasteiger partial charge < -0.3 is 9.84 Å². The van der Waals surface area contributed by atoms with Gasteiger partial charge in [0.25, 0.3) is 0 Å². The molecule has 0 amide bonds. The molecule has 1 aliphatic rings. The topological polar surface area (TPSA) is 49.8 Å². The van der Waals surface area contributed by atoms with Gasteiger partial charge in [0.2, 0.25) is 0 Å². The van der Waals surface area contributed by atoms with E-state index < -0.39 is 5.97 Å². The van der Waals surface area contributed by atoms with E-state index in [0.29, 0.717) is 13.2 Å². The molecule has 1 N–H and O–H groups in total. The van der Waals surface area contributed by atoms with Gasteiger partial charge in [0, 0.05) is 28.9 Å². The minimum atomic E-state index is -0.767. The zero-order chi connectivity index (χ0) is 15.4. The highest BCUT2D eigenvalue weighted by Gasteiger charge is 2.25. The van der Waals surface area contributed by atoms with E-state index in [4.69, 9.17) is 9.84 Å². The number of morpholine rings is 1. The van der Waals surface area contributed by atoms with Gasteiger partial charge in [-0.3, -0.25) is 9.69 Å². The van der Waals surface area contributed by atoms with Crippen LogP contribution < -0.4 is 0 Å². The number of ether oxygens (including phenoxy) is 1. The molecular formula is C17H19NO3S. The maximum atomic E-state index is 11.0.